The summed E-state index contributed by atoms with van der Waals surface area (Å²) in [6.07, 6.45) is 0.785. The molecule has 1 fully saturated rings. The zero-order valence-corrected chi connectivity index (χ0v) is 15.1. The van der Waals surface area contributed by atoms with E-state index in [1.165, 1.54) is 18.1 Å². The lowest BCUT2D eigenvalue weighted by Crippen LogP contribution is -2.50. The molecule has 0 spiro atoms. The molecule has 134 valence electrons. The van der Waals surface area contributed by atoms with Crippen LogP contribution in [0, 0.1) is 0 Å². The number of piperazine rings is 1. The minimum absolute atomic E-state index is 0.122. The van der Waals surface area contributed by atoms with Crippen molar-refractivity contribution in [3.63, 3.8) is 0 Å². The maximum Gasteiger partial charge on any atom is 0.308 e. The Labute approximate surface area is 153 Å². The topological polar surface area (TPSA) is 49.9 Å². The van der Waals surface area contributed by atoms with Crippen molar-refractivity contribution in [2.75, 3.05) is 24.5 Å². The number of anilines is 1. The average molecular weight is 350 g/mol. The van der Waals surface area contributed by atoms with Crippen molar-refractivity contribution in [1.82, 2.24) is 4.90 Å². The van der Waals surface area contributed by atoms with Gasteiger partial charge in [0.15, 0.2) is 0 Å². The summed E-state index contributed by atoms with van der Waals surface area (Å²) in [6.45, 7) is 5.25. The van der Waals surface area contributed by atoms with Crippen LogP contribution in [0.5, 0.6) is 5.75 Å². The fourth-order valence-corrected chi connectivity index (χ4v) is 4.06. The first-order valence-electron chi connectivity index (χ1n) is 8.94. The Bertz CT molecular complexity index is 877. The predicted octanol–water partition coefficient (Wildman–Crippen LogP) is 2.93. The highest BCUT2D eigenvalue weighted by Crippen LogP contribution is 2.40. The molecular formula is C21H22N2O3. The SMILES string of the molecule is CC(=O)Oc1ccc2c(c1)Cc1ccccc1C1CN(C(C)=O)CCN21. The first-order chi connectivity index (χ1) is 12.5. The van der Waals surface area contributed by atoms with Gasteiger partial charge in [0.1, 0.15) is 5.75 Å². The van der Waals surface area contributed by atoms with Gasteiger partial charge in [-0.2, -0.15) is 0 Å². The van der Waals surface area contributed by atoms with Crippen LogP contribution in [0.4, 0.5) is 5.69 Å². The highest BCUT2D eigenvalue weighted by molar-refractivity contribution is 5.74. The van der Waals surface area contributed by atoms with Gasteiger partial charge in [-0.15, -0.1) is 0 Å². The van der Waals surface area contributed by atoms with Gasteiger partial charge in [-0.25, -0.2) is 0 Å². The number of carbonyl (C=O) groups excluding carboxylic acids is 2. The van der Waals surface area contributed by atoms with Crippen molar-refractivity contribution in [3.05, 3.63) is 59.2 Å². The summed E-state index contributed by atoms with van der Waals surface area (Å²) in [7, 11) is 0. The van der Waals surface area contributed by atoms with Crippen LogP contribution < -0.4 is 9.64 Å². The average Bonchev–Trinajstić information content (AvgIpc) is 2.74. The molecule has 1 saturated heterocycles. The molecule has 1 atom stereocenters. The number of ether oxygens (including phenoxy) is 1. The second-order valence-corrected chi connectivity index (χ2v) is 6.93. The van der Waals surface area contributed by atoms with Crippen LogP contribution >= 0.6 is 0 Å². The molecule has 2 aromatic rings. The van der Waals surface area contributed by atoms with Crippen molar-refractivity contribution >= 4 is 17.6 Å². The normalized spacial score (nSPS) is 18.3. The zero-order valence-electron chi connectivity index (χ0n) is 15.1. The second-order valence-electron chi connectivity index (χ2n) is 6.93. The fourth-order valence-electron chi connectivity index (χ4n) is 4.06. The Balaban J connectivity index is 1.80. The van der Waals surface area contributed by atoms with E-state index in [0.29, 0.717) is 12.3 Å². The van der Waals surface area contributed by atoms with Crippen LogP contribution in [0.3, 0.4) is 0 Å². The van der Waals surface area contributed by atoms with Crippen molar-refractivity contribution in [2.45, 2.75) is 26.3 Å². The molecular weight excluding hydrogens is 328 g/mol. The van der Waals surface area contributed by atoms with Crippen molar-refractivity contribution in [3.8, 4) is 5.75 Å². The Hall–Kier alpha value is -2.82. The van der Waals surface area contributed by atoms with Crippen LogP contribution in [0.15, 0.2) is 42.5 Å². The van der Waals surface area contributed by atoms with E-state index in [9.17, 15) is 9.59 Å². The maximum absolute atomic E-state index is 11.9. The minimum atomic E-state index is -0.313. The third-order valence-corrected chi connectivity index (χ3v) is 5.24. The number of rotatable bonds is 1. The molecule has 1 unspecified atom stereocenters. The van der Waals surface area contributed by atoms with E-state index in [4.69, 9.17) is 4.74 Å². The molecule has 0 radical (unpaired) electrons. The van der Waals surface area contributed by atoms with Gasteiger partial charge in [-0.05, 0) is 41.3 Å². The molecule has 26 heavy (non-hydrogen) atoms. The van der Waals surface area contributed by atoms with Gasteiger partial charge in [0, 0.05) is 39.2 Å². The third kappa shape index (κ3) is 2.94. The van der Waals surface area contributed by atoms with Gasteiger partial charge in [-0.1, -0.05) is 24.3 Å². The van der Waals surface area contributed by atoms with E-state index in [1.54, 1.807) is 6.92 Å². The van der Waals surface area contributed by atoms with Crippen molar-refractivity contribution in [2.24, 2.45) is 0 Å². The van der Waals surface area contributed by atoms with Gasteiger partial charge >= 0.3 is 5.97 Å². The zero-order chi connectivity index (χ0) is 18.3. The van der Waals surface area contributed by atoms with Crippen molar-refractivity contribution in [1.29, 1.82) is 0 Å². The molecule has 0 N–H and O–H groups in total. The standard InChI is InChI=1S/C21H22N2O3/c1-14(24)22-9-10-23-20-8-7-18(26-15(2)25)12-17(20)11-16-5-3-4-6-19(16)21(23)13-22/h3-8,12,21H,9-11,13H2,1-2H3. The molecule has 1 amide bonds. The van der Waals surface area contributed by atoms with Gasteiger partial charge in [0.25, 0.3) is 0 Å². The smallest absolute Gasteiger partial charge is 0.308 e. The second kappa shape index (κ2) is 6.48. The predicted molar refractivity (Wildman–Crippen MR) is 99.3 cm³/mol. The lowest BCUT2D eigenvalue weighted by molar-refractivity contribution is -0.132. The molecule has 0 aromatic heterocycles. The highest BCUT2D eigenvalue weighted by atomic mass is 16.5. The van der Waals surface area contributed by atoms with Crippen LogP contribution in [0.2, 0.25) is 0 Å². The maximum atomic E-state index is 11.9. The van der Waals surface area contributed by atoms with Gasteiger partial charge in [-0.3, -0.25) is 9.59 Å². The van der Waals surface area contributed by atoms with Crippen LogP contribution in [-0.2, 0) is 16.0 Å². The summed E-state index contributed by atoms with van der Waals surface area (Å²) in [5.41, 5.74) is 4.83. The lowest BCUT2D eigenvalue weighted by atomic mass is 9.96. The van der Waals surface area contributed by atoms with Gasteiger partial charge in [0.05, 0.1) is 6.04 Å². The highest BCUT2D eigenvalue weighted by Gasteiger charge is 2.34. The Morgan fingerprint density at radius 1 is 1.04 bits per heavy atom. The summed E-state index contributed by atoms with van der Waals surface area (Å²) in [5, 5.41) is 0. The fraction of sp³-hybridized carbons (Fsp3) is 0.333. The van der Waals surface area contributed by atoms with Crippen LogP contribution in [0.1, 0.15) is 36.6 Å². The Morgan fingerprint density at radius 2 is 1.85 bits per heavy atom. The van der Waals surface area contributed by atoms with E-state index in [2.05, 4.69) is 29.2 Å². The molecule has 0 saturated carbocycles. The van der Waals surface area contributed by atoms with Gasteiger partial charge in [0.2, 0.25) is 5.91 Å². The number of fused-ring (bicyclic) bond motifs is 5. The number of nitrogens with zero attached hydrogens (tertiary/aromatic N) is 2. The Morgan fingerprint density at radius 3 is 2.62 bits per heavy atom. The molecule has 2 heterocycles. The largest absolute Gasteiger partial charge is 0.427 e. The molecule has 2 aliphatic heterocycles. The van der Waals surface area contributed by atoms with Crippen LogP contribution in [0.25, 0.3) is 0 Å². The number of benzene rings is 2. The molecule has 5 heteroatoms. The lowest BCUT2D eigenvalue weighted by Gasteiger charge is -2.42. The van der Waals surface area contributed by atoms with Crippen molar-refractivity contribution < 1.29 is 14.3 Å². The summed E-state index contributed by atoms with van der Waals surface area (Å²) in [4.78, 5) is 27.5. The quantitative estimate of drug-likeness (QED) is 0.586. The van der Waals surface area contributed by atoms with E-state index >= 15 is 0 Å². The number of hydrogen-bond donors (Lipinski definition) is 0. The first kappa shape index (κ1) is 16.6. The summed E-state index contributed by atoms with van der Waals surface area (Å²) >= 11 is 0. The number of esters is 1. The molecule has 2 aromatic carbocycles. The molecule has 5 nitrogen and oxygen atoms in total. The van der Waals surface area contributed by atoms with E-state index in [1.807, 2.05) is 23.1 Å². The number of amides is 1. The van der Waals surface area contributed by atoms with Gasteiger partial charge < -0.3 is 14.5 Å². The molecule has 0 aliphatic carbocycles. The summed E-state index contributed by atoms with van der Waals surface area (Å²) in [6, 6.07) is 14.4. The van der Waals surface area contributed by atoms with E-state index < -0.39 is 0 Å². The van der Waals surface area contributed by atoms with E-state index in [-0.39, 0.29) is 17.9 Å². The van der Waals surface area contributed by atoms with E-state index in [0.717, 1.165) is 30.8 Å². The monoisotopic (exact) mass is 350 g/mol. The molecule has 2 aliphatic rings. The minimum Gasteiger partial charge on any atom is -0.427 e. The molecule has 4 rings (SSSR count). The van der Waals surface area contributed by atoms with Crippen LogP contribution in [-0.4, -0.2) is 36.4 Å². The molecule has 0 bridgehead atoms. The first-order valence-corrected chi connectivity index (χ1v) is 8.94. The number of carbonyl (C=O) groups is 2. The third-order valence-electron chi connectivity index (χ3n) is 5.24. The Kier molecular flexibility index (Phi) is 4.15. The number of hydrogen-bond acceptors (Lipinski definition) is 4. The summed E-state index contributed by atoms with van der Waals surface area (Å²) in [5.74, 6) is 0.387. The summed E-state index contributed by atoms with van der Waals surface area (Å²) < 4.78 is 5.28.